The highest BCUT2D eigenvalue weighted by Crippen LogP contribution is 2.28. The van der Waals surface area contributed by atoms with Crippen LogP contribution in [0.25, 0.3) is 0 Å². The fourth-order valence-corrected chi connectivity index (χ4v) is 3.78. The molecule has 0 saturated carbocycles. The Balaban J connectivity index is 1.87. The standard InChI is InChI=1S/C20H34N4O7/c1-13(25)11-23-17(29)21(15(27)19(23,3)4)7-9-31-10-8-22-16(28)20(5,6)24(18(22)30)12-14(2)26/h13-14,25-26H,7-12H2,1-6H3. The van der Waals surface area contributed by atoms with E-state index in [1.54, 1.807) is 41.5 Å². The van der Waals surface area contributed by atoms with E-state index in [2.05, 4.69) is 0 Å². The monoisotopic (exact) mass is 442 g/mol. The predicted octanol–water partition coefficient (Wildman–Crippen LogP) is -0.150. The number of ether oxygens (including phenoxy) is 1. The Morgan fingerprint density at radius 1 is 0.742 bits per heavy atom. The maximum Gasteiger partial charge on any atom is 0.327 e. The predicted molar refractivity (Wildman–Crippen MR) is 110 cm³/mol. The number of rotatable bonds is 10. The van der Waals surface area contributed by atoms with Crippen molar-refractivity contribution in [3.63, 3.8) is 0 Å². The smallest absolute Gasteiger partial charge is 0.327 e. The van der Waals surface area contributed by atoms with Crippen molar-refractivity contribution in [2.75, 3.05) is 39.4 Å². The van der Waals surface area contributed by atoms with Crippen molar-refractivity contribution in [1.29, 1.82) is 0 Å². The number of hydrogen-bond donors (Lipinski definition) is 2. The highest BCUT2D eigenvalue weighted by atomic mass is 16.5. The Morgan fingerprint density at radius 2 is 1.06 bits per heavy atom. The average molecular weight is 443 g/mol. The number of hydrogen-bond acceptors (Lipinski definition) is 7. The molecule has 2 aliphatic rings. The number of aliphatic hydroxyl groups excluding tert-OH is 2. The highest BCUT2D eigenvalue weighted by Gasteiger charge is 2.52. The van der Waals surface area contributed by atoms with Crippen LogP contribution < -0.4 is 0 Å². The zero-order valence-electron chi connectivity index (χ0n) is 19.1. The lowest BCUT2D eigenvalue weighted by Gasteiger charge is -2.28. The van der Waals surface area contributed by atoms with Crippen molar-refractivity contribution in [2.45, 2.75) is 64.8 Å². The van der Waals surface area contributed by atoms with Gasteiger partial charge in [0.15, 0.2) is 0 Å². The number of β-amino-alcohol motifs (C(OH)–C–C–N with tert-alkyl or cyclic N) is 2. The maximum absolute atomic E-state index is 12.6. The van der Waals surface area contributed by atoms with Crippen LogP contribution in [0.2, 0.25) is 0 Å². The van der Waals surface area contributed by atoms with Gasteiger partial charge in [-0.1, -0.05) is 0 Å². The van der Waals surface area contributed by atoms with E-state index in [4.69, 9.17) is 4.74 Å². The first-order valence-corrected chi connectivity index (χ1v) is 10.4. The summed E-state index contributed by atoms with van der Waals surface area (Å²) in [7, 11) is 0. The lowest BCUT2D eigenvalue weighted by molar-refractivity contribution is -0.132. The van der Waals surface area contributed by atoms with Gasteiger partial charge < -0.3 is 24.7 Å². The molecule has 11 heteroatoms. The molecule has 0 aromatic carbocycles. The number of aliphatic hydroxyl groups is 2. The normalized spacial score (nSPS) is 22.7. The minimum absolute atomic E-state index is 0.0267. The Kier molecular flexibility index (Phi) is 7.34. The molecule has 2 N–H and O–H groups in total. The van der Waals surface area contributed by atoms with E-state index in [1.165, 1.54) is 9.80 Å². The molecule has 2 saturated heterocycles. The SMILES string of the molecule is CC(O)CN1C(=O)N(CCOCCN2C(=O)N(CC(C)O)C(C)(C)C2=O)C(=O)C1(C)C. The second-order valence-electron chi connectivity index (χ2n) is 9.13. The maximum atomic E-state index is 12.6. The number of carbonyl (C=O) groups is 4. The van der Waals surface area contributed by atoms with Gasteiger partial charge in [0.1, 0.15) is 11.1 Å². The molecule has 31 heavy (non-hydrogen) atoms. The molecule has 0 aliphatic carbocycles. The summed E-state index contributed by atoms with van der Waals surface area (Å²) in [6.45, 7) is 9.85. The van der Waals surface area contributed by atoms with Crippen LogP contribution in [-0.4, -0.2) is 116 Å². The van der Waals surface area contributed by atoms with Gasteiger partial charge in [0.2, 0.25) is 0 Å². The third-order valence-electron chi connectivity index (χ3n) is 5.62. The van der Waals surface area contributed by atoms with E-state index in [-0.39, 0.29) is 51.2 Å². The summed E-state index contributed by atoms with van der Waals surface area (Å²) in [5.41, 5.74) is -2.11. The van der Waals surface area contributed by atoms with Gasteiger partial charge in [0, 0.05) is 13.1 Å². The summed E-state index contributed by atoms with van der Waals surface area (Å²) >= 11 is 0. The van der Waals surface area contributed by atoms with E-state index in [0.717, 1.165) is 9.80 Å². The molecule has 2 unspecified atom stereocenters. The van der Waals surface area contributed by atoms with Gasteiger partial charge in [-0.05, 0) is 41.5 Å². The molecular formula is C20H34N4O7. The van der Waals surface area contributed by atoms with Crippen molar-refractivity contribution >= 4 is 23.9 Å². The highest BCUT2D eigenvalue weighted by molar-refractivity contribution is 6.07. The first kappa shape index (κ1) is 25.0. The molecule has 2 aliphatic heterocycles. The molecule has 0 bridgehead atoms. The van der Waals surface area contributed by atoms with E-state index in [9.17, 15) is 29.4 Å². The van der Waals surface area contributed by atoms with Gasteiger partial charge >= 0.3 is 12.1 Å². The Morgan fingerprint density at radius 3 is 1.35 bits per heavy atom. The lowest BCUT2D eigenvalue weighted by Crippen LogP contribution is -2.47. The molecule has 6 amide bonds. The molecule has 0 aromatic heterocycles. The minimum Gasteiger partial charge on any atom is -0.392 e. The van der Waals surface area contributed by atoms with E-state index >= 15 is 0 Å². The van der Waals surface area contributed by atoms with E-state index in [0.29, 0.717) is 0 Å². The fraction of sp³-hybridized carbons (Fsp3) is 0.800. The topological polar surface area (TPSA) is 131 Å². The lowest BCUT2D eigenvalue weighted by atomic mass is 10.0. The molecule has 11 nitrogen and oxygen atoms in total. The van der Waals surface area contributed by atoms with Crippen molar-refractivity contribution in [3.8, 4) is 0 Å². The number of carbonyl (C=O) groups excluding carboxylic acids is 4. The third kappa shape index (κ3) is 4.83. The molecular weight excluding hydrogens is 408 g/mol. The second-order valence-corrected chi connectivity index (χ2v) is 9.13. The molecule has 2 rings (SSSR count). The molecule has 176 valence electrons. The summed E-state index contributed by atoms with van der Waals surface area (Å²) in [6, 6.07) is -0.972. The summed E-state index contributed by atoms with van der Waals surface area (Å²) in [6.07, 6.45) is -1.53. The minimum atomic E-state index is -1.05. The van der Waals surface area contributed by atoms with E-state index < -0.39 is 35.3 Å². The Labute approximate surface area is 182 Å². The van der Waals surface area contributed by atoms with Crippen molar-refractivity contribution in [2.24, 2.45) is 0 Å². The summed E-state index contributed by atoms with van der Waals surface area (Å²) < 4.78 is 5.49. The summed E-state index contributed by atoms with van der Waals surface area (Å²) in [4.78, 5) is 55.1. The van der Waals surface area contributed by atoms with Crippen LogP contribution in [0, 0.1) is 0 Å². The van der Waals surface area contributed by atoms with Crippen molar-refractivity contribution in [1.82, 2.24) is 19.6 Å². The van der Waals surface area contributed by atoms with Gasteiger partial charge in [-0.3, -0.25) is 19.4 Å². The zero-order valence-corrected chi connectivity index (χ0v) is 19.1. The van der Waals surface area contributed by atoms with Crippen LogP contribution in [0.4, 0.5) is 9.59 Å². The third-order valence-corrected chi connectivity index (χ3v) is 5.62. The van der Waals surface area contributed by atoms with Crippen molar-refractivity contribution < 1.29 is 34.1 Å². The summed E-state index contributed by atoms with van der Waals surface area (Å²) in [5, 5.41) is 19.2. The Hall–Kier alpha value is -2.24. The fourth-order valence-electron chi connectivity index (χ4n) is 3.78. The van der Waals surface area contributed by atoms with Crippen LogP contribution in [0.15, 0.2) is 0 Å². The quantitative estimate of drug-likeness (QED) is 0.355. The first-order chi connectivity index (χ1) is 14.2. The van der Waals surface area contributed by atoms with Gasteiger partial charge in [-0.2, -0.15) is 0 Å². The molecule has 0 aromatic rings. The zero-order chi connectivity index (χ0) is 23.7. The van der Waals surface area contributed by atoms with Crippen LogP contribution in [0.5, 0.6) is 0 Å². The summed E-state index contributed by atoms with van der Waals surface area (Å²) in [5.74, 6) is -0.746. The average Bonchev–Trinajstić information content (AvgIpc) is 2.91. The van der Waals surface area contributed by atoms with Crippen LogP contribution in [-0.2, 0) is 14.3 Å². The molecule has 2 fully saturated rings. The number of urea groups is 2. The van der Waals surface area contributed by atoms with Gasteiger partial charge in [-0.15, -0.1) is 0 Å². The largest absolute Gasteiger partial charge is 0.392 e. The molecule has 0 radical (unpaired) electrons. The molecule has 2 atom stereocenters. The Bertz CT molecular complexity index is 675. The number of amides is 6. The van der Waals surface area contributed by atoms with Crippen molar-refractivity contribution in [3.05, 3.63) is 0 Å². The number of imide groups is 2. The van der Waals surface area contributed by atoms with Gasteiger partial charge in [0.25, 0.3) is 11.8 Å². The van der Waals surface area contributed by atoms with Gasteiger partial charge in [0.05, 0.1) is 38.5 Å². The van der Waals surface area contributed by atoms with Gasteiger partial charge in [-0.25, -0.2) is 9.59 Å². The number of nitrogens with zero attached hydrogens (tertiary/aromatic N) is 4. The second kappa shape index (κ2) is 9.09. The van der Waals surface area contributed by atoms with E-state index in [1.807, 2.05) is 0 Å². The van der Waals surface area contributed by atoms with Crippen LogP contribution in [0.1, 0.15) is 41.5 Å². The molecule has 0 spiro atoms. The van der Waals surface area contributed by atoms with Crippen LogP contribution >= 0.6 is 0 Å². The molecule has 2 heterocycles. The van der Waals surface area contributed by atoms with Crippen LogP contribution in [0.3, 0.4) is 0 Å². The first-order valence-electron chi connectivity index (χ1n) is 10.4.